The summed E-state index contributed by atoms with van der Waals surface area (Å²) >= 11 is 0. The molecule has 6 nitrogen and oxygen atoms in total. The maximum absolute atomic E-state index is 11.8. The minimum atomic E-state index is -1.14. The van der Waals surface area contributed by atoms with E-state index in [1.54, 1.807) is 31.2 Å². The van der Waals surface area contributed by atoms with Gasteiger partial charge in [0.2, 0.25) is 5.91 Å². The van der Waals surface area contributed by atoms with Crippen LogP contribution in [0.3, 0.4) is 0 Å². The quantitative estimate of drug-likeness (QED) is 0.664. The Morgan fingerprint density at radius 1 is 1.29 bits per heavy atom. The van der Waals surface area contributed by atoms with Crippen LogP contribution in [0.1, 0.15) is 37.6 Å². The summed E-state index contributed by atoms with van der Waals surface area (Å²) in [5.41, 5.74) is -0.133. The Kier molecular flexibility index (Phi) is 5.60. The maximum Gasteiger partial charge on any atom is 0.323 e. The summed E-state index contributed by atoms with van der Waals surface area (Å²) in [7, 11) is 0. The largest absolute Gasteiger partial charge is 0.480 e. The number of carboxylic acids is 1. The molecule has 0 saturated heterocycles. The van der Waals surface area contributed by atoms with Crippen molar-refractivity contribution in [2.24, 2.45) is 0 Å². The maximum atomic E-state index is 11.8. The second-order valence-electron chi connectivity index (χ2n) is 5.03. The Hall–Kier alpha value is -2.21. The standard InChI is InChI=1S/C15H20N2O4/c1-4-15(3,14(20)21)16-9-13(19)17-12-7-5-6-11(8-12)10(2)18/h5-8,16H,4,9H2,1-3H3,(H,17,19)(H,20,21). The minimum Gasteiger partial charge on any atom is -0.480 e. The number of carboxylic acid groups (broad SMARTS) is 1. The highest BCUT2D eigenvalue weighted by molar-refractivity contribution is 5.97. The summed E-state index contributed by atoms with van der Waals surface area (Å²) in [5, 5.41) is 14.5. The molecule has 114 valence electrons. The van der Waals surface area contributed by atoms with E-state index in [1.165, 1.54) is 13.8 Å². The molecule has 1 aromatic rings. The Labute approximate surface area is 123 Å². The summed E-state index contributed by atoms with van der Waals surface area (Å²) in [6.45, 7) is 4.58. The zero-order valence-corrected chi connectivity index (χ0v) is 12.4. The fraction of sp³-hybridized carbons (Fsp3) is 0.400. The summed E-state index contributed by atoms with van der Waals surface area (Å²) < 4.78 is 0. The van der Waals surface area contributed by atoms with Crippen LogP contribution in [0.2, 0.25) is 0 Å². The zero-order valence-electron chi connectivity index (χ0n) is 12.4. The summed E-state index contributed by atoms with van der Waals surface area (Å²) in [6.07, 6.45) is 0.357. The summed E-state index contributed by atoms with van der Waals surface area (Å²) in [6, 6.07) is 6.58. The number of Topliss-reactive ketones (excluding diaryl/α,β-unsaturated/α-hetero) is 1. The van der Waals surface area contributed by atoms with E-state index in [0.717, 1.165) is 0 Å². The minimum absolute atomic E-state index is 0.0892. The third-order valence-electron chi connectivity index (χ3n) is 3.37. The van der Waals surface area contributed by atoms with Crippen molar-refractivity contribution in [2.45, 2.75) is 32.7 Å². The van der Waals surface area contributed by atoms with Crippen molar-refractivity contribution in [3.8, 4) is 0 Å². The van der Waals surface area contributed by atoms with Crippen molar-refractivity contribution in [3.63, 3.8) is 0 Å². The molecule has 0 fully saturated rings. The number of carbonyl (C=O) groups excluding carboxylic acids is 2. The van der Waals surface area contributed by atoms with Gasteiger partial charge >= 0.3 is 5.97 Å². The van der Waals surface area contributed by atoms with Crippen molar-refractivity contribution in [2.75, 3.05) is 11.9 Å². The van der Waals surface area contributed by atoms with Crippen molar-refractivity contribution in [3.05, 3.63) is 29.8 Å². The first-order chi connectivity index (χ1) is 9.78. The van der Waals surface area contributed by atoms with Crippen molar-refractivity contribution < 1.29 is 19.5 Å². The second kappa shape index (κ2) is 6.99. The SMILES string of the molecule is CCC(C)(NCC(=O)Nc1cccc(C(C)=O)c1)C(=O)O. The number of anilines is 1. The van der Waals surface area contributed by atoms with Crippen LogP contribution in [0, 0.1) is 0 Å². The average Bonchev–Trinajstić information content (AvgIpc) is 2.44. The number of rotatable bonds is 7. The lowest BCUT2D eigenvalue weighted by Gasteiger charge is -2.24. The first-order valence-corrected chi connectivity index (χ1v) is 6.68. The van der Waals surface area contributed by atoms with Gasteiger partial charge in [-0.25, -0.2) is 0 Å². The lowest BCUT2D eigenvalue weighted by atomic mass is 9.99. The first-order valence-electron chi connectivity index (χ1n) is 6.68. The average molecular weight is 292 g/mol. The molecule has 1 aromatic carbocycles. The fourth-order valence-corrected chi connectivity index (χ4v) is 1.65. The van der Waals surface area contributed by atoms with Gasteiger partial charge in [0.15, 0.2) is 5.78 Å². The highest BCUT2D eigenvalue weighted by Crippen LogP contribution is 2.12. The third-order valence-corrected chi connectivity index (χ3v) is 3.37. The second-order valence-corrected chi connectivity index (χ2v) is 5.03. The zero-order chi connectivity index (χ0) is 16.0. The number of hydrogen-bond acceptors (Lipinski definition) is 4. The molecule has 0 saturated carbocycles. The highest BCUT2D eigenvalue weighted by Gasteiger charge is 2.30. The van der Waals surface area contributed by atoms with Crippen LogP contribution in [0.5, 0.6) is 0 Å². The van der Waals surface area contributed by atoms with Crippen LogP contribution in [0.4, 0.5) is 5.69 Å². The molecule has 0 bridgehead atoms. The smallest absolute Gasteiger partial charge is 0.323 e. The summed E-state index contributed by atoms with van der Waals surface area (Å²) in [5.74, 6) is -1.46. The molecule has 1 atom stereocenters. The van der Waals surface area contributed by atoms with Crippen LogP contribution >= 0.6 is 0 Å². The van der Waals surface area contributed by atoms with Gasteiger partial charge < -0.3 is 10.4 Å². The van der Waals surface area contributed by atoms with Crippen molar-refractivity contribution in [1.82, 2.24) is 5.32 Å². The Balaban J connectivity index is 2.64. The van der Waals surface area contributed by atoms with Gasteiger partial charge in [0, 0.05) is 11.3 Å². The first kappa shape index (κ1) is 16.8. The Morgan fingerprint density at radius 3 is 2.48 bits per heavy atom. The van der Waals surface area contributed by atoms with Gasteiger partial charge in [-0.3, -0.25) is 19.7 Å². The number of nitrogens with one attached hydrogen (secondary N) is 2. The van der Waals surface area contributed by atoms with E-state index in [9.17, 15) is 14.4 Å². The molecular formula is C15H20N2O4. The van der Waals surface area contributed by atoms with Gasteiger partial charge in [-0.1, -0.05) is 19.1 Å². The van der Waals surface area contributed by atoms with Gasteiger partial charge in [-0.15, -0.1) is 0 Å². The van der Waals surface area contributed by atoms with E-state index >= 15 is 0 Å². The predicted molar refractivity (Wildman–Crippen MR) is 79.4 cm³/mol. The molecule has 0 aliphatic rings. The van der Waals surface area contributed by atoms with Gasteiger partial charge in [-0.05, 0) is 32.4 Å². The number of benzene rings is 1. The normalized spacial score (nSPS) is 13.3. The number of amides is 1. The molecule has 0 aliphatic carbocycles. The van der Waals surface area contributed by atoms with Gasteiger partial charge in [-0.2, -0.15) is 0 Å². The fourth-order valence-electron chi connectivity index (χ4n) is 1.65. The van der Waals surface area contributed by atoms with E-state index in [0.29, 0.717) is 17.7 Å². The topological polar surface area (TPSA) is 95.5 Å². The molecule has 1 rings (SSSR count). The van der Waals surface area contributed by atoms with Gasteiger partial charge in [0.1, 0.15) is 5.54 Å². The highest BCUT2D eigenvalue weighted by atomic mass is 16.4. The van der Waals surface area contributed by atoms with E-state index in [-0.39, 0.29) is 18.2 Å². The summed E-state index contributed by atoms with van der Waals surface area (Å²) in [4.78, 5) is 34.2. The van der Waals surface area contributed by atoms with Crippen LogP contribution in [0.15, 0.2) is 24.3 Å². The predicted octanol–water partition coefficient (Wildman–Crippen LogP) is 1.67. The lowest BCUT2D eigenvalue weighted by Crippen LogP contribution is -2.51. The molecule has 0 heterocycles. The van der Waals surface area contributed by atoms with E-state index < -0.39 is 11.5 Å². The molecule has 1 amide bonds. The Morgan fingerprint density at radius 2 is 1.95 bits per heavy atom. The van der Waals surface area contributed by atoms with E-state index in [2.05, 4.69) is 10.6 Å². The molecule has 21 heavy (non-hydrogen) atoms. The number of carbonyl (C=O) groups is 3. The Bertz CT molecular complexity index is 556. The monoisotopic (exact) mass is 292 g/mol. The molecule has 0 spiro atoms. The number of hydrogen-bond donors (Lipinski definition) is 3. The third kappa shape index (κ3) is 4.68. The molecule has 6 heteroatoms. The van der Waals surface area contributed by atoms with E-state index in [4.69, 9.17) is 5.11 Å². The van der Waals surface area contributed by atoms with Crippen molar-refractivity contribution >= 4 is 23.3 Å². The van der Waals surface area contributed by atoms with Crippen LogP contribution in [-0.2, 0) is 9.59 Å². The molecule has 0 aliphatic heterocycles. The van der Waals surface area contributed by atoms with Gasteiger partial charge in [0.05, 0.1) is 6.54 Å². The molecular weight excluding hydrogens is 272 g/mol. The van der Waals surface area contributed by atoms with Gasteiger partial charge in [0.25, 0.3) is 0 Å². The molecule has 0 radical (unpaired) electrons. The molecule has 0 aromatic heterocycles. The van der Waals surface area contributed by atoms with Crippen LogP contribution in [-0.4, -0.2) is 34.8 Å². The number of aliphatic carboxylic acids is 1. The number of ketones is 1. The molecule has 3 N–H and O–H groups in total. The van der Waals surface area contributed by atoms with Crippen molar-refractivity contribution in [1.29, 1.82) is 0 Å². The van der Waals surface area contributed by atoms with Crippen LogP contribution < -0.4 is 10.6 Å². The van der Waals surface area contributed by atoms with Crippen LogP contribution in [0.25, 0.3) is 0 Å². The molecule has 1 unspecified atom stereocenters. The van der Waals surface area contributed by atoms with E-state index in [1.807, 2.05) is 0 Å². The lowest BCUT2D eigenvalue weighted by molar-refractivity contribution is -0.144.